The van der Waals surface area contributed by atoms with Crippen molar-refractivity contribution in [2.24, 2.45) is 0 Å². The number of hydrogen-bond donors (Lipinski definition) is 2. The maximum atomic E-state index is 12.3. The molecule has 9 heteroatoms. The predicted octanol–water partition coefficient (Wildman–Crippen LogP) is 0.956. The van der Waals surface area contributed by atoms with Gasteiger partial charge in [-0.05, 0) is 30.7 Å². The minimum Gasteiger partial charge on any atom is -0.383 e. The summed E-state index contributed by atoms with van der Waals surface area (Å²) >= 11 is 0. The highest BCUT2D eigenvalue weighted by atomic mass is 16.5. The molecule has 0 radical (unpaired) electrons. The molecule has 0 atom stereocenters. The number of benzene rings is 1. The lowest BCUT2D eigenvalue weighted by atomic mass is 10.0. The maximum Gasteiger partial charge on any atom is 0.272 e. The summed E-state index contributed by atoms with van der Waals surface area (Å²) in [7, 11) is 1.64. The number of carbonyl (C=O) groups is 1. The van der Waals surface area contributed by atoms with E-state index >= 15 is 0 Å². The standard InChI is InChI=1S/C19H22N6O3/c1-13-11-16(19(27)24-22-13)14-3-5-15(6-4-14)18(26)20-8-7-17-23-21-12-25(17)9-10-28-2/h3-6,11-12H,7-10H2,1-2H3,(H,20,26)(H,24,27). The average Bonchev–Trinajstić information content (AvgIpc) is 3.15. The topological polar surface area (TPSA) is 115 Å². The minimum atomic E-state index is -0.264. The minimum absolute atomic E-state index is 0.186. The zero-order chi connectivity index (χ0) is 19.9. The quantitative estimate of drug-likeness (QED) is 0.600. The molecule has 0 unspecified atom stereocenters. The molecule has 0 aliphatic rings. The molecule has 2 N–H and O–H groups in total. The van der Waals surface area contributed by atoms with E-state index in [2.05, 4.69) is 25.7 Å². The van der Waals surface area contributed by atoms with Gasteiger partial charge in [-0.15, -0.1) is 10.2 Å². The molecule has 28 heavy (non-hydrogen) atoms. The van der Waals surface area contributed by atoms with Crippen LogP contribution >= 0.6 is 0 Å². The smallest absolute Gasteiger partial charge is 0.272 e. The van der Waals surface area contributed by atoms with Crippen LogP contribution in [0.2, 0.25) is 0 Å². The van der Waals surface area contributed by atoms with E-state index in [1.165, 1.54) is 0 Å². The fourth-order valence-electron chi connectivity index (χ4n) is 2.76. The van der Waals surface area contributed by atoms with Gasteiger partial charge in [-0.25, -0.2) is 5.10 Å². The van der Waals surface area contributed by atoms with Gasteiger partial charge in [0.15, 0.2) is 0 Å². The third-order valence-electron chi connectivity index (χ3n) is 4.26. The molecule has 146 valence electrons. The average molecular weight is 382 g/mol. The Labute approximate surface area is 161 Å². The van der Waals surface area contributed by atoms with Crippen LogP contribution in [0, 0.1) is 6.92 Å². The van der Waals surface area contributed by atoms with E-state index in [9.17, 15) is 9.59 Å². The van der Waals surface area contributed by atoms with Crippen molar-refractivity contribution in [3.63, 3.8) is 0 Å². The zero-order valence-corrected chi connectivity index (χ0v) is 15.8. The van der Waals surface area contributed by atoms with Gasteiger partial charge in [0, 0.05) is 32.2 Å². The highest BCUT2D eigenvalue weighted by Gasteiger charge is 2.09. The van der Waals surface area contributed by atoms with Crippen LogP contribution in [-0.2, 0) is 17.7 Å². The molecule has 0 fully saturated rings. The summed E-state index contributed by atoms with van der Waals surface area (Å²) in [5.41, 5.74) is 2.23. The second-order valence-electron chi connectivity index (χ2n) is 6.27. The van der Waals surface area contributed by atoms with Gasteiger partial charge < -0.3 is 14.6 Å². The zero-order valence-electron chi connectivity index (χ0n) is 15.8. The van der Waals surface area contributed by atoms with Gasteiger partial charge in [0.05, 0.1) is 17.9 Å². The number of amides is 1. The van der Waals surface area contributed by atoms with Gasteiger partial charge in [0.25, 0.3) is 11.5 Å². The number of methoxy groups -OCH3 is 1. The Kier molecular flexibility index (Phi) is 6.28. The Morgan fingerprint density at radius 3 is 2.82 bits per heavy atom. The molecular formula is C19H22N6O3. The molecule has 3 aromatic rings. The summed E-state index contributed by atoms with van der Waals surface area (Å²) in [5.74, 6) is 0.606. The third kappa shape index (κ3) is 4.68. The Morgan fingerprint density at radius 2 is 2.07 bits per heavy atom. The van der Waals surface area contributed by atoms with Crippen molar-refractivity contribution in [2.45, 2.75) is 19.9 Å². The van der Waals surface area contributed by atoms with E-state index < -0.39 is 0 Å². The van der Waals surface area contributed by atoms with Gasteiger partial charge in [0.1, 0.15) is 12.2 Å². The van der Waals surface area contributed by atoms with Gasteiger partial charge in [-0.1, -0.05) is 12.1 Å². The number of ether oxygens (including phenoxy) is 1. The van der Waals surface area contributed by atoms with E-state index in [1.54, 1.807) is 50.7 Å². The van der Waals surface area contributed by atoms with E-state index in [4.69, 9.17) is 4.74 Å². The van der Waals surface area contributed by atoms with Crippen LogP contribution < -0.4 is 10.9 Å². The fourth-order valence-corrected chi connectivity index (χ4v) is 2.76. The maximum absolute atomic E-state index is 12.3. The highest BCUT2D eigenvalue weighted by molar-refractivity contribution is 5.94. The summed E-state index contributed by atoms with van der Waals surface area (Å²) in [5, 5.41) is 17.2. The first-order valence-electron chi connectivity index (χ1n) is 8.89. The normalized spacial score (nSPS) is 10.8. The molecule has 1 amide bonds. The molecule has 0 saturated heterocycles. The summed E-state index contributed by atoms with van der Waals surface area (Å²) < 4.78 is 6.96. The molecule has 2 heterocycles. The van der Waals surface area contributed by atoms with Gasteiger partial charge in [0.2, 0.25) is 0 Å². The van der Waals surface area contributed by atoms with Crippen molar-refractivity contribution in [2.75, 3.05) is 20.3 Å². The first-order chi connectivity index (χ1) is 13.6. The van der Waals surface area contributed by atoms with Crippen LogP contribution in [0.25, 0.3) is 11.1 Å². The summed E-state index contributed by atoms with van der Waals surface area (Å²) in [6, 6.07) is 8.61. The number of hydrogen-bond acceptors (Lipinski definition) is 6. The van der Waals surface area contributed by atoms with Gasteiger partial charge in [-0.2, -0.15) is 5.10 Å². The van der Waals surface area contributed by atoms with Crippen molar-refractivity contribution >= 4 is 5.91 Å². The molecule has 9 nitrogen and oxygen atoms in total. The number of nitrogens with zero attached hydrogens (tertiary/aromatic N) is 4. The van der Waals surface area contributed by atoms with Crippen LogP contribution in [-0.4, -0.2) is 51.1 Å². The van der Waals surface area contributed by atoms with Crippen molar-refractivity contribution in [1.82, 2.24) is 30.3 Å². The number of aromatic amines is 1. The number of H-pyrrole nitrogens is 1. The highest BCUT2D eigenvalue weighted by Crippen LogP contribution is 2.16. The van der Waals surface area contributed by atoms with Crippen LogP contribution in [0.5, 0.6) is 0 Å². The number of carbonyl (C=O) groups excluding carboxylic acids is 1. The number of nitrogens with one attached hydrogen (secondary N) is 2. The summed E-state index contributed by atoms with van der Waals surface area (Å²) in [6.45, 7) is 3.48. The Hall–Kier alpha value is -3.33. The number of rotatable bonds is 8. The molecular weight excluding hydrogens is 360 g/mol. The van der Waals surface area contributed by atoms with Gasteiger partial charge >= 0.3 is 0 Å². The van der Waals surface area contributed by atoms with E-state index in [1.807, 2.05) is 4.57 Å². The number of aromatic nitrogens is 5. The lowest BCUT2D eigenvalue weighted by Gasteiger charge is -2.08. The Morgan fingerprint density at radius 1 is 1.29 bits per heavy atom. The van der Waals surface area contributed by atoms with Gasteiger partial charge in [-0.3, -0.25) is 9.59 Å². The van der Waals surface area contributed by atoms with E-state index in [0.29, 0.717) is 37.2 Å². The third-order valence-corrected chi connectivity index (χ3v) is 4.26. The first-order valence-corrected chi connectivity index (χ1v) is 8.89. The SMILES string of the molecule is COCCn1cnnc1CCNC(=O)c1ccc(-c2cc(C)n[nH]c2=O)cc1. The largest absolute Gasteiger partial charge is 0.383 e. The number of aryl methyl sites for hydroxylation is 1. The molecule has 0 spiro atoms. The Bertz CT molecular complexity index is 993. The lowest BCUT2D eigenvalue weighted by Crippen LogP contribution is -2.26. The lowest BCUT2D eigenvalue weighted by molar-refractivity contribution is 0.0954. The molecule has 1 aromatic carbocycles. The molecule has 2 aromatic heterocycles. The van der Waals surface area contributed by atoms with E-state index in [0.717, 1.165) is 17.1 Å². The summed E-state index contributed by atoms with van der Waals surface area (Å²) in [6.07, 6.45) is 2.22. The first kappa shape index (κ1) is 19.4. The van der Waals surface area contributed by atoms with Crippen molar-refractivity contribution in [1.29, 1.82) is 0 Å². The van der Waals surface area contributed by atoms with E-state index in [-0.39, 0.29) is 11.5 Å². The predicted molar refractivity (Wildman–Crippen MR) is 103 cm³/mol. The summed E-state index contributed by atoms with van der Waals surface area (Å²) in [4.78, 5) is 24.3. The molecule has 3 rings (SSSR count). The van der Waals surface area contributed by atoms with Crippen LogP contribution in [0.3, 0.4) is 0 Å². The fraction of sp³-hybridized carbons (Fsp3) is 0.316. The van der Waals surface area contributed by atoms with Crippen molar-refractivity contribution in [3.05, 3.63) is 64.1 Å². The molecule has 0 bridgehead atoms. The Balaban J connectivity index is 1.59. The second-order valence-corrected chi connectivity index (χ2v) is 6.27. The van der Waals surface area contributed by atoms with Crippen LogP contribution in [0.4, 0.5) is 0 Å². The van der Waals surface area contributed by atoms with Crippen molar-refractivity contribution < 1.29 is 9.53 Å². The molecule has 0 aliphatic heterocycles. The van der Waals surface area contributed by atoms with Crippen LogP contribution in [0.1, 0.15) is 21.9 Å². The van der Waals surface area contributed by atoms with Crippen molar-refractivity contribution in [3.8, 4) is 11.1 Å². The second kappa shape index (κ2) is 9.05. The molecule has 0 saturated carbocycles. The monoisotopic (exact) mass is 382 g/mol. The van der Waals surface area contributed by atoms with Crippen LogP contribution in [0.15, 0.2) is 41.5 Å². The molecule has 0 aliphatic carbocycles.